The fourth-order valence-corrected chi connectivity index (χ4v) is 3.53. The molecule has 7 heteroatoms. The first kappa shape index (κ1) is 19.6. The van der Waals surface area contributed by atoms with E-state index in [1.165, 1.54) is 11.3 Å². The molecule has 0 spiro atoms. The molecule has 0 N–H and O–H groups in total. The van der Waals surface area contributed by atoms with Crippen LogP contribution in [0.25, 0.3) is 0 Å². The monoisotopic (exact) mass is 373 g/mol. The maximum absolute atomic E-state index is 11.6. The molecule has 0 aromatic carbocycles. The van der Waals surface area contributed by atoms with Gasteiger partial charge >= 0.3 is 0 Å². The van der Waals surface area contributed by atoms with Gasteiger partial charge in [0.2, 0.25) is 5.91 Å². The van der Waals surface area contributed by atoms with Gasteiger partial charge in [-0.05, 0) is 31.4 Å². The Morgan fingerprint density at radius 2 is 2.22 bits per heavy atom. The van der Waals surface area contributed by atoms with E-state index < -0.39 is 0 Å². The molecule has 1 amide bonds. The molecule has 7 nitrogen and oxygen atoms in total. The van der Waals surface area contributed by atoms with Gasteiger partial charge in [-0.1, -0.05) is 0 Å². The summed E-state index contributed by atoms with van der Waals surface area (Å²) in [5.74, 6) is 0.507. The van der Waals surface area contributed by atoms with E-state index in [0.29, 0.717) is 12.5 Å². The maximum atomic E-state index is 11.6. The third kappa shape index (κ3) is 5.43. The number of fused-ring (bicyclic) bond motifs is 1. The van der Waals surface area contributed by atoms with Gasteiger partial charge in [0, 0.05) is 77.1 Å². The average Bonchev–Trinajstić information content (AvgIpc) is 3.24. The number of aromatic nitrogens is 3. The molecule has 0 unspecified atom stereocenters. The van der Waals surface area contributed by atoms with Crippen LogP contribution in [-0.2, 0) is 35.7 Å². The lowest BCUT2D eigenvalue weighted by Crippen LogP contribution is -2.29. The molecule has 0 saturated heterocycles. The fourth-order valence-electron chi connectivity index (χ4n) is 3.53. The summed E-state index contributed by atoms with van der Waals surface area (Å²) in [4.78, 5) is 15.7. The zero-order valence-corrected chi connectivity index (χ0v) is 16.7. The average molecular weight is 374 g/mol. The highest BCUT2D eigenvalue weighted by Crippen LogP contribution is 2.21. The Morgan fingerprint density at radius 1 is 1.37 bits per heavy atom. The summed E-state index contributed by atoms with van der Waals surface area (Å²) in [5.41, 5.74) is 2.60. The fraction of sp³-hybridized carbons (Fsp3) is 0.600. The smallest absolute Gasteiger partial charge is 0.248 e. The second-order valence-corrected chi connectivity index (χ2v) is 7.52. The van der Waals surface area contributed by atoms with Crippen molar-refractivity contribution < 1.29 is 9.53 Å². The first-order valence-electron chi connectivity index (χ1n) is 9.70. The van der Waals surface area contributed by atoms with Gasteiger partial charge < -0.3 is 14.2 Å². The summed E-state index contributed by atoms with van der Waals surface area (Å²) in [6.45, 7) is 7.64. The molecule has 1 atom stereocenters. The number of amides is 1. The van der Waals surface area contributed by atoms with Crippen molar-refractivity contribution in [3.8, 4) is 0 Å². The van der Waals surface area contributed by atoms with Crippen molar-refractivity contribution in [3.05, 3.63) is 42.0 Å². The Morgan fingerprint density at radius 3 is 2.96 bits per heavy atom. The summed E-state index contributed by atoms with van der Waals surface area (Å²) < 4.78 is 9.94. The zero-order valence-electron chi connectivity index (χ0n) is 16.7. The number of carbonyl (C=O) groups excluding carboxylic acids is 1. The largest absolute Gasteiger partial charge is 0.372 e. The van der Waals surface area contributed by atoms with Crippen LogP contribution < -0.4 is 0 Å². The molecule has 1 aliphatic heterocycles. The number of hydrogen-bond donors (Lipinski definition) is 0. The molecule has 2 aromatic rings. The van der Waals surface area contributed by atoms with Gasteiger partial charge in [-0.25, -0.2) is 0 Å². The number of aryl methyl sites for hydroxylation is 1. The lowest BCUT2D eigenvalue weighted by Gasteiger charge is -2.23. The van der Waals surface area contributed by atoms with E-state index in [0.717, 1.165) is 39.1 Å². The van der Waals surface area contributed by atoms with E-state index >= 15 is 0 Å². The van der Waals surface area contributed by atoms with Crippen molar-refractivity contribution in [2.45, 2.75) is 39.5 Å². The van der Waals surface area contributed by atoms with E-state index in [9.17, 15) is 4.79 Å². The van der Waals surface area contributed by atoms with Crippen LogP contribution in [0.2, 0.25) is 0 Å². The van der Waals surface area contributed by atoms with Crippen LogP contribution in [0.1, 0.15) is 24.6 Å². The lowest BCUT2D eigenvalue weighted by molar-refractivity contribution is -0.133. The zero-order chi connectivity index (χ0) is 19.2. The Labute approximate surface area is 161 Å². The molecule has 3 heterocycles. The molecule has 3 rings (SSSR count). The van der Waals surface area contributed by atoms with Gasteiger partial charge in [0.1, 0.15) is 6.61 Å². The number of rotatable bonds is 8. The highest BCUT2D eigenvalue weighted by molar-refractivity contribution is 5.76. The van der Waals surface area contributed by atoms with Crippen molar-refractivity contribution in [2.75, 3.05) is 33.9 Å². The first-order chi connectivity index (χ1) is 13.0. The number of likely N-dealkylation sites (N-methyl/N-ethyl adjacent to an activating group) is 1. The van der Waals surface area contributed by atoms with Crippen LogP contribution >= 0.6 is 0 Å². The SMILES string of the molecule is CCn1cc(CN2Cc3cccn3C[C@@H](CCOCC(=O)N(C)C)C2)cn1. The van der Waals surface area contributed by atoms with Crippen molar-refractivity contribution in [3.63, 3.8) is 0 Å². The standard InChI is InChI=1S/C20H31N5O2/c1-4-25-14-18(10-21-25)12-23-11-17(7-9-27-16-20(26)22(2)3)13-24-8-5-6-19(24)15-23/h5-6,8,10,14,17H,4,7,9,11-13,15-16H2,1-3H3/t17-/m0/s1. The van der Waals surface area contributed by atoms with Crippen molar-refractivity contribution in [1.29, 1.82) is 0 Å². The van der Waals surface area contributed by atoms with E-state index in [4.69, 9.17) is 4.74 Å². The summed E-state index contributed by atoms with van der Waals surface area (Å²) in [6.07, 6.45) is 7.22. The third-order valence-electron chi connectivity index (χ3n) is 5.09. The Kier molecular flexibility index (Phi) is 6.68. The molecule has 1 aliphatic rings. The van der Waals surface area contributed by atoms with Gasteiger partial charge in [0.15, 0.2) is 0 Å². The molecular weight excluding hydrogens is 342 g/mol. The summed E-state index contributed by atoms with van der Waals surface area (Å²) >= 11 is 0. The van der Waals surface area contributed by atoms with E-state index in [1.54, 1.807) is 19.0 Å². The van der Waals surface area contributed by atoms with Crippen LogP contribution in [0.4, 0.5) is 0 Å². The maximum Gasteiger partial charge on any atom is 0.248 e. The van der Waals surface area contributed by atoms with E-state index in [1.807, 2.05) is 10.9 Å². The minimum absolute atomic E-state index is 0.0122. The van der Waals surface area contributed by atoms with Crippen LogP contribution in [0.15, 0.2) is 30.7 Å². The van der Waals surface area contributed by atoms with Crippen molar-refractivity contribution in [2.24, 2.45) is 5.92 Å². The molecule has 0 bridgehead atoms. The topological polar surface area (TPSA) is 55.5 Å². The number of hydrogen-bond acceptors (Lipinski definition) is 4. The number of ether oxygens (including phenoxy) is 1. The van der Waals surface area contributed by atoms with E-state index in [2.05, 4.69) is 46.0 Å². The van der Waals surface area contributed by atoms with Gasteiger partial charge in [0.05, 0.1) is 6.20 Å². The molecule has 0 saturated carbocycles. The second-order valence-electron chi connectivity index (χ2n) is 7.52. The molecule has 27 heavy (non-hydrogen) atoms. The molecule has 0 radical (unpaired) electrons. The van der Waals surface area contributed by atoms with Crippen LogP contribution in [-0.4, -0.2) is 63.9 Å². The van der Waals surface area contributed by atoms with Crippen LogP contribution in [0.3, 0.4) is 0 Å². The van der Waals surface area contributed by atoms with Crippen LogP contribution in [0.5, 0.6) is 0 Å². The van der Waals surface area contributed by atoms with Crippen molar-refractivity contribution >= 4 is 5.91 Å². The first-order valence-corrected chi connectivity index (χ1v) is 9.70. The predicted octanol–water partition coefficient (Wildman–Crippen LogP) is 1.83. The highest BCUT2D eigenvalue weighted by Gasteiger charge is 2.22. The molecule has 0 fully saturated rings. The Bertz CT molecular complexity index is 736. The summed E-state index contributed by atoms with van der Waals surface area (Å²) in [6, 6.07) is 4.33. The highest BCUT2D eigenvalue weighted by atomic mass is 16.5. The summed E-state index contributed by atoms with van der Waals surface area (Å²) in [7, 11) is 3.51. The number of nitrogens with zero attached hydrogens (tertiary/aromatic N) is 5. The summed E-state index contributed by atoms with van der Waals surface area (Å²) in [5, 5.41) is 4.40. The molecule has 2 aromatic heterocycles. The van der Waals surface area contributed by atoms with Crippen molar-refractivity contribution in [1.82, 2.24) is 24.1 Å². The van der Waals surface area contributed by atoms with Crippen LogP contribution in [0, 0.1) is 5.92 Å². The molecule has 0 aliphatic carbocycles. The Balaban J connectivity index is 1.58. The second kappa shape index (κ2) is 9.19. The Hall–Kier alpha value is -2.12. The quantitative estimate of drug-likeness (QED) is 0.663. The minimum atomic E-state index is 0.0122. The predicted molar refractivity (Wildman–Crippen MR) is 104 cm³/mol. The van der Waals surface area contributed by atoms with Gasteiger partial charge in [0.25, 0.3) is 0 Å². The third-order valence-corrected chi connectivity index (χ3v) is 5.09. The van der Waals surface area contributed by atoms with Gasteiger partial charge in [-0.15, -0.1) is 0 Å². The van der Waals surface area contributed by atoms with E-state index in [-0.39, 0.29) is 12.5 Å². The van der Waals surface area contributed by atoms with Gasteiger partial charge in [-0.3, -0.25) is 14.4 Å². The number of carbonyl (C=O) groups is 1. The lowest BCUT2D eigenvalue weighted by atomic mass is 10.1. The van der Waals surface area contributed by atoms with Gasteiger partial charge in [-0.2, -0.15) is 5.10 Å². The normalized spacial score (nSPS) is 17.5. The molecular formula is C20H31N5O2. The molecule has 148 valence electrons. The minimum Gasteiger partial charge on any atom is -0.372 e.